The van der Waals surface area contributed by atoms with E-state index in [9.17, 15) is 4.79 Å². The van der Waals surface area contributed by atoms with Crippen LogP contribution in [-0.2, 0) is 11.3 Å². The maximum Gasteiger partial charge on any atom is 0.223 e. The number of carbonyl (C=O) groups is 1. The van der Waals surface area contributed by atoms with Gasteiger partial charge in [0.05, 0.1) is 12.2 Å². The topological polar surface area (TPSA) is 46.9 Å². The summed E-state index contributed by atoms with van der Waals surface area (Å²) in [6, 6.07) is 2.32. The number of nitrogens with zero attached hydrogens (tertiary/aromatic N) is 2. The first-order valence-corrected chi connectivity index (χ1v) is 6.22. The Morgan fingerprint density at radius 3 is 2.76 bits per heavy atom. The Labute approximate surface area is 102 Å². The van der Waals surface area contributed by atoms with Gasteiger partial charge in [0.15, 0.2) is 0 Å². The molecule has 2 rings (SSSR count). The molecular weight excluding hydrogens is 214 g/mol. The zero-order valence-electron chi connectivity index (χ0n) is 11.0. The van der Waals surface area contributed by atoms with Gasteiger partial charge in [-0.2, -0.15) is 5.10 Å². The molecule has 0 aromatic carbocycles. The van der Waals surface area contributed by atoms with E-state index in [4.69, 9.17) is 0 Å². The molecule has 94 valence electrons. The van der Waals surface area contributed by atoms with Crippen LogP contribution in [0.1, 0.15) is 45.9 Å². The third kappa shape index (κ3) is 2.68. The lowest BCUT2D eigenvalue weighted by Crippen LogP contribution is -2.26. The van der Waals surface area contributed by atoms with Crippen LogP contribution in [0.3, 0.4) is 0 Å². The van der Waals surface area contributed by atoms with Crippen molar-refractivity contribution in [1.29, 1.82) is 0 Å². The Morgan fingerprint density at radius 1 is 1.65 bits per heavy atom. The second-order valence-corrected chi connectivity index (χ2v) is 5.84. The molecule has 1 aromatic heterocycles. The molecule has 0 saturated heterocycles. The number of nitrogens with one attached hydrogen (secondary N) is 1. The minimum atomic E-state index is 0.161. The van der Waals surface area contributed by atoms with Crippen molar-refractivity contribution >= 4 is 5.91 Å². The Kier molecular flexibility index (Phi) is 2.98. The molecule has 4 heteroatoms. The summed E-state index contributed by atoms with van der Waals surface area (Å²) in [5.41, 5.74) is 1.12. The van der Waals surface area contributed by atoms with Crippen LogP contribution in [0.5, 0.6) is 0 Å². The van der Waals surface area contributed by atoms with Gasteiger partial charge in [0.2, 0.25) is 5.91 Å². The fraction of sp³-hybridized carbons (Fsp3) is 0.692. The summed E-state index contributed by atoms with van der Waals surface area (Å²) in [5.74, 6) is 0.351. The summed E-state index contributed by atoms with van der Waals surface area (Å²) in [7, 11) is 0. The van der Waals surface area contributed by atoms with Gasteiger partial charge in [0.1, 0.15) is 0 Å². The quantitative estimate of drug-likeness (QED) is 0.869. The van der Waals surface area contributed by atoms with Crippen molar-refractivity contribution in [3.05, 3.63) is 18.0 Å². The normalized spacial score (nSPS) is 21.6. The van der Waals surface area contributed by atoms with E-state index in [2.05, 4.69) is 38.1 Å². The van der Waals surface area contributed by atoms with Crippen molar-refractivity contribution in [2.24, 2.45) is 11.3 Å². The summed E-state index contributed by atoms with van der Waals surface area (Å²) < 4.78 is 1.91. The molecule has 17 heavy (non-hydrogen) atoms. The zero-order chi connectivity index (χ0) is 12.6. The third-order valence-corrected chi connectivity index (χ3v) is 3.47. The lowest BCUT2D eigenvalue weighted by atomic mass is 10.1. The van der Waals surface area contributed by atoms with E-state index >= 15 is 0 Å². The first-order chi connectivity index (χ1) is 7.90. The van der Waals surface area contributed by atoms with E-state index in [1.807, 2.05) is 16.9 Å². The van der Waals surface area contributed by atoms with Gasteiger partial charge in [-0.15, -0.1) is 0 Å². The number of aromatic nitrogens is 2. The first kappa shape index (κ1) is 12.1. The third-order valence-electron chi connectivity index (χ3n) is 3.47. The van der Waals surface area contributed by atoms with Gasteiger partial charge in [0.25, 0.3) is 0 Å². The second kappa shape index (κ2) is 4.17. The molecule has 1 saturated carbocycles. The van der Waals surface area contributed by atoms with Gasteiger partial charge in [-0.3, -0.25) is 9.48 Å². The number of carbonyl (C=O) groups excluding carboxylic acids is 1. The molecule has 0 spiro atoms. The predicted octanol–water partition coefficient (Wildman–Crippen LogP) is 2.13. The van der Waals surface area contributed by atoms with E-state index in [0.29, 0.717) is 12.6 Å². The number of rotatable bonds is 4. The number of hydrogen-bond donors (Lipinski definition) is 1. The fourth-order valence-electron chi connectivity index (χ4n) is 1.97. The van der Waals surface area contributed by atoms with Crippen LogP contribution in [0.4, 0.5) is 0 Å². The van der Waals surface area contributed by atoms with Gasteiger partial charge >= 0.3 is 0 Å². The van der Waals surface area contributed by atoms with Crippen molar-refractivity contribution in [1.82, 2.24) is 15.1 Å². The average molecular weight is 235 g/mol. The summed E-state index contributed by atoms with van der Waals surface area (Å²) in [5, 5.41) is 7.35. The molecule has 1 aromatic rings. The minimum Gasteiger partial charge on any atom is -0.350 e. The van der Waals surface area contributed by atoms with E-state index in [-0.39, 0.29) is 17.2 Å². The van der Waals surface area contributed by atoms with E-state index in [1.54, 1.807) is 0 Å². The van der Waals surface area contributed by atoms with Crippen LogP contribution in [0.15, 0.2) is 12.3 Å². The zero-order valence-corrected chi connectivity index (χ0v) is 11.0. The molecule has 0 unspecified atom stereocenters. The Hall–Kier alpha value is -1.32. The Balaban J connectivity index is 1.84. The number of hydrogen-bond acceptors (Lipinski definition) is 2. The van der Waals surface area contributed by atoms with Crippen LogP contribution >= 0.6 is 0 Å². The highest BCUT2D eigenvalue weighted by atomic mass is 16.2. The molecule has 1 atom stereocenters. The molecule has 0 aliphatic heterocycles. The molecule has 1 heterocycles. The summed E-state index contributed by atoms with van der Waals surface area (Å²) >= 11 is 0. The maximum atomic E-state index is 11.8. The molecule has 1 N–H and O–H groups in total. The summed E-state index contributed by atoms with van der Waals surface area (Å²) in [6.45, 7) is 8.96. The number of amides is 1. The van der Waals surface area contributed by atoms with E-state index in [0.717, 1.165) is 12.1 Å². The van der Waals surface area contributed by atoms with Gasteiger partial charge in [-0.05, 0) is 31.7 Å². The molecule has 0 bridgehead atoms. The molecule has 4 nitrogen and oxygen atoms in total. The second-order valence-electron chi connectivity index (χ2n) is 5.84. The molecule has 1 aliphatic rings. The largest absolute Gasteiger partial charge is 0.350 e. The minimum absolute atomic E-state index is 0.161. The predicted molar refractivity (Wildman–Crippen MR) is 66.3 cm³/mol. The van der Waals surface area contributed by atoms with Crippen molar-refractivity contribution in [2.75, 3.05) is 0 Å². The monoisotopic (exact) mass is 235 g/mol. The van der Waals surface area contributed by atoms with Gasteiger partial charge < -0.3 is 5.32 Å². The van der Waals surface area contributed by atoms with E-state index < -0.39 is 0 Å². The average Bonchev–Trinajstić information content (AvgIpc) is 2.71. The standard InChI is InChI=1S/C13H21N3O/c1-9(2)16-6-5-10(15-16)8-14-12(17)11-7-13(11,3)4/h5-6,9,11H,7-8H2,1-4H3,(H,14,17)/t11-/m1/s1. The summed E-state index contributed by atoms with van der Waals surface area (Å²) in [6.07, 6.45) is 2.95. The van der Waals surface area contributed by atoms with Gasteiger partial charge in [-0.1, -0.05) is 13.8 Å². The van der Waals surface area contributed by atoms with Crippen LogP contribution in [0.25, 0.3) is 0 Å². The van der Waals surface area contributed by atoms with Crippen molar-refractivity contribution in [3.63, 3.8) is 0 Å². The fourth-order valence-corrected chi connectivity index (χ4v) is 1.97. The van der Waals surface area contributed by atoms with Gasteiger partial charge in [0, 0.05) is 18.2 Å². The van der Waals surface area contributed by atoms with Crippen LogP contribution in [0.2, 0.25) is 0 Å². The van der Waals surface area contributed by atoms with Crippen molar-refractivity contribution in [2.45, 2.75) is 46.7 Å². The van der Waals surface area contributed by atoms with E-state index in [1.165, 1.54) is 0 Å². The van der Waals surface area contributed by atoms with Crippen LogP contribution < -0.4 is 5.32 Å². The molecule has 0 radical (unpaired) electrons. The Bertz CT molecular complexity index is 420. The van der Waals surface area contributed by atoms with Crippen molar-refractivity contribution < 1.29 is 4.79 Å². The highest BCUT2D eigenvalue weighted by Crippen LogP contribution is 2.51. The Morgan fingerprint density at radius 2 is 2.29 bits per heavy atom. The molecular formula is C13H21N3O. The molecule has 1 fully saturated rings. The lowest BCUT2D eigenvalue weighted by Gasteiger charge is -2.06. The smallest absolute Gasteiger partial charge is 0.223 e. The summed E-state index contributed by atoms with van der Waals surface area (Å²) in [4.78, 5) is 11.8. The van der Waals surface area contributed by atoms with Crippen LogP contribution in [0, 0.1) is 11.3 Å². The molecule has 1 amide bonds. The van der Waals surface area contributed by atoms with Crippen LogP contribution in [-0.4, -0.2) is 15.7 Å². The van der Waals surface area contributed by atoms with Crippen molar-refractivity contribution in [3.8, 4) is 0 Å². The lowest BCUT2D eigenvalue weighted by molar-refractivity contribution is -0.123. The SMILES string of the molecule is CC(C)n1ccc(CNC(=O)[C@H]2CC2(C)C)n1. The highest BCUT2D eigenvalue weighted by molar-refractivity contribution is 5.82. The van der Waals surface area contributed by atoms with Gasteiger partial charge in [-0.25, -0.2) is 0 Å². The highest BCUT2D eigenvalue weighted by Gasteiger charge is 2.50. The maximum absolute atomic E-state index is 11.8. The first-order valence-electron chi connectivity index (χ1n) is 6.22. The molecule has 1 aliphatic carbocycles.